The monoisotopic (exact) mass is 442 g/mol. The zero-order chi connectivity index (χ0) is 23.4. The maximum absolute atomic E-state index is 13.4. The van der Waals surface area contributed by atoms with E-state index in [1.54, 1.807) is 11.7 Å². The van der Waals surface area contributed by atoms with Gasteiger partial charge < -0.3 is 9.47 Å². The summed E-state index contributed by atoms with van der Waals surface area (Å²) >= 11 is 0. The van der Waals surface area contributed by atoms with Crippen LogP contribution in [0.15, 0.2) is 71.5 Å². The van der Waals surface area contributed by atoms with Gasteiger partial charge in [0.25, 0.3) is 5.56 Å². The van der Waals surface area contributed by atoms with E-state index in [0.29, 0.717) is 42.2 Å². The van der Waals surface area contributed by atoms with E-state index in [1.807, 2.05) is 48.5 Å². The Morgan fingerprint density at radius 1 is 1.00 bits per heavy atom. The van der Waals surface area contributed by atoms with E-state index < -0.39 is 0 Å². The number of aryl methyl sites for hydroxylation is 1. The minimum absolute atomic E-state index is 0.0372. The summed E-state index contributed by atoms with van der Waals surface area (Å²) in [5.74, 6) is 2.72. The number of hydrogen-bond acceptors (Lipinski definition) is 4. The third kappa shape index (κ3) is 4.92. The summed E-state index contributed by atoms with van der Waals surface area (Å²) in [6.07, 6.45) is 0.689. The van der Waals surface area contributed by atoms with E-state index in [4.69, 9.17) is 14.5 Å². The molecule has 0 atom stereocenters. The van der Waals surface area contributed by atoms with Gasteiger partial charge in [-0.3, -0.25) is 9.36 Å². The van der Waals surface area contributed by atoms with Gasteiger partial charge in [-0.2, -0.15) is 0 Å². The molecule has 5 heteroatoms. The van der Waals surface area contributed by atoms with Crippen molar-refractivity contribution >= 4 is 10.9 Å². The molecule has 0 saturated heterocycles. The first-order valence-electron chi connectivity index (χ1n) is 11.4. The number of ether oxygens (including phenoxy) is 2. The summed E-state index contributed by atoms with van der Waals surface area (Å²) in [5.41, 5.74) is 3.91. The second-order valence-corrected chi connectivity index (χ2v) is 8.54. The molecule has 0 spiro atoms. The van der Waals surface area contributed by atoms with Crippen molar-refractivity contribution in [1.29, 1.82) is 0 Å². The maximum Gasteiger partial charge on any atom is 0.261 e. The molecule has 1 aromatic heterocycles. The topological polar surface area (TPSA) is 53.3 Å². The van der Waals surface area contributed by atoms with Crippen molar-refractivity contribution < 1.29 is 9.47 Å². The van der Waals surface area contributed by atoms with E-state index >= 15 is 0 Å². The Hall–Kier alpha value is -3.60. The smallest absolute Gasteiger partial charge is 0.261 e. The normalized spacial score (nSPS) is 11.2. The molecule has 4 aromatic rings. The fraction of sp³-hybridized carbons (Fsp3) is 0.286. The Balaban J connectivity index is 1.61. The molecule has 0 aliphatic carbocycles. The Bertz CT molecular complexity index is 1310. The zero-order valence-corrected chi connectivity index (χ0v) is 19.7. The lowest BCUT2D eigenvalue weighted by atomic mass is 10.0. The van der Waals surface area contributed by atoms with Gasteiger partial charge in [-0.25, -0.2) is 4.98 Å². The Labute approximate surface area is 194 Å². The number of hydrogen-bond donors (Lipinski definition) is 0. The highest BCUT2D eigenvalue weighted by molar-refractivity contribution is 5.79. The van der Waals surface area contributed by atoms with Crippen LogP contribution in [0.1, 0.15) is 37.3 Å². The predicted molar refractivity (Wildman–Crippen MR) is 133 cm³/mol. The van der Waals surface area contributed by atoms with Gasteiger partial charge in [-0.1, -0.05) is 38.1 Å². The number of aromatic nitrogens is 2. The van der Waals surface area contributed by atoms with Crippen molar-refractivity contribution in [3.05, 3.63) is 88.2 Å². The summed E-state index contributed by atoms with van der Waals surface area (Å²) in [5, 5.41) is 0.622. The molecule has 0 radical (unpaired) electrons. The summed E-state index contributed by atoms with van der Waals surface area (Å²) < 4.78 is 13.2. The van der Waals surface area contributed by atoms with Gasteiger partial charge >= 0.3 is 0 Å². The molecule has 3 aromatic carbocycles. The number of fused-ring (bicyclic) bond motifs is 1. The number of methoxy groups -OCH3 is 1. The first kappa shape index (κ1) is 22.6. The third-order valence-electron chi connectivity index (χ3n) is 5.78. The molecule has 0 unspecified atom stereocenters. The standard InChI is InChI=1S/C28H30N2O3/c1-19(2)23-15-10-20(3)18-26(23)33-17-7-16-30-27(21-11-13-22(32-4)14-12-21)29-25-9-6-5-8-24(25)28(30)31/h5-6,8-15,18-19H,7,16-17H2,1-4H3. The van der Waals surface area contributed by atoms with Gasteiger partial charge in [0.15, 0.2) is 0 Å². The molecule has 1 heterocycles. The molecule has 0 aliphatic heterocycles. The van der Waals surface area contributed by atoms with E-state index in [9.17, 15) is 4.79 Å². The maximum atomic E-state index is 13.4. The molecular weight excluding hydrogens is 412 g/mol. The van der Waals surface area contributed by atoms with Crippen LogP contribution in [-0.2, 0) is 6.54 Å². The molecule has 0 amide bonds. The van der Waals surface area contributed by atoms with Crippen molar-refractivity contribution in [3.63, 3.8) is 0 Å². The lowest BCUT2D eigenvalue weighted by Gasteiger charge is -2.16. The van der Waals surface area contributed by atoms with Gasteiger partial charge in [-0.15, -0.1) is 0 Å². The number of nitrogens with zero attached hydrogens (tertiary/aromatic N) is 2. The van der Waals surface area contributed by atoms with Crippen molar-refractivity contribution in [2.45, 2.75) is 39.7 Å². The van der Waals surface area contributed by atoms with Crippen molar-refractivity contribution in [2.75, 3.05) is 13.7 Å². The van der Waals surface area contributed by atoms with Crippen LogP contribution < -0.4 is 15.0 Å². The molecule has 0 fully saturated rings. The van der Waals surface area contributed by atoms with Crippen LogP contribution in [0, 0.1) is 6.92 Å². The van der Waals surface area contributed by atoms with E-state index in [2.05, 4.69) is 39.0 Å². The number of para-hydroxylation sites is 1. The average molecular weight is 443 g/mol. The second-order valence-electron chi connectivity index (χ2n) is 8.54. The summed E-state index contributed by atoms with van der Waals surface area (Å²) in [7, 11) is 1.64. The minimum atomic E-state index is -0.0372. The quantitative estimate of drug-likeness (QED) is 0.315. The van der Waals surface area contributed by atoms with E-state index in [0.717, 1.165) is 17.1 Å². The van der Waals surface area contributed by atoms with Crippen LogP contribution in [-0.4, -0.2) is 23.3 Å². The third-order valence-corrected chi connectivity index (χ3v) is 5.78. The molecule has 0 N–H and O–H groups in total. The number of benzene rings is 3. The zero-order valence-electron chi connectivity index (χ0n) is 19.7. The second kappa shape index (κ2) is 9.90. The van der Waals surface area contributed by atoms with Gasteiger partial charge in [-0.05, 0) is 72.9 Å². The van der Waals surface area contributed by atoms with Gasteiger partial charge in [0.2, 0.25) is 0 Å². The predicted octanol–water partition coefficient (Wildman–Crippen LogP) is 5.97. The lowest BCUT2D eigenvalue weighted by molar-refractivity contribution is 0.297. The van der Waals surface area contributed by atoms with Crippen LogP contribution in [0.4, 0.5) is 0 Å². The molecule has 170 valence electrons. The molecule has 5 nitrogen and oxygen atoms in total. The fourth-order valence-electron chi connectivity index (χ4n) is 3.98. The Kier molecular flexibility index (Phi) is 6.78. The summed E-state index contributed by atoms with van der Waals surface area (Å²) in [6, 6.07) is 21.5. The van der Waals surface area contributed by atoms with Crippen molar-refractivity contribution in [1.82, 2.24) is 9.55 Å². The average Bonchev–Trinajstić information content (AvgIpc) is 2.82. The fourth-order valence-corrected chi connectivity index (χ4v) is 3.98. The van der Waals surface area contributed by atoms with Crippen LogP contribution in [0.25, 0.3) is 22.3 Å². The Morgan fingerprint density at radius 2 is 1.76 bits per heavy atom. The SMILES string of the molecule is COc1ccc(-c2nc3ccccc3c(=O)n2CCCOc2cc(C)ccc2C(C)C)cc1. The molecular formula is C28H30N2O3. The van der Waals surface area contributed by atoms with Crippen LogP contribution in [0.2, 0.25) is 0 Å². The van der Waals surface area contributed by atoms with Crippen LogP contribution in [0.5, 0.6) is 11.5 Å². The minimum Gasteiger partial charge on any atom is -0.497 e. The van der Waals surface area contributed by atoms with E-state index in [-0.39, 0.29) is 5.56 Å². The highest BCUT2D eigenvalue weighted by Crippen LogP contribution is 2.28. The number of rotatable bonds is 8. The van der Waals surface area contributed by atoms with Crippen molar-refractivity contribution in [3.8, 4) is 22.9 Å². The summed E-state index contributed by atoms with van der Waals surface area (Å²) in [4.78, 5) is 18.2. The largest absolute Gasteiger partial charge is 0.497 e. The van der Waals surface area contributed by atoms with Crippen LogP contribution in [0.3, 0.4) is 0 Å². The molecule has 0 aliphatic rings. The lowest BCUT2D eigenvalue weighted by Crippen LogP contribution is -2.24. The molecule has 33 heavy (non-hydrogen) atoms. The van der Waals surface area contributed by atoms with Crippen LogP contribution >= 0.6 is 0 Å². The van der Waals surface area contributed by atoms with Crippen molar-refractivity contribution in [2.24, 2.45) is 0 Å². The highest BCUT2D eigenvalue weighted by atomic mass is 16.5. The van der Waals surface area contributed by atoms with Gasteiger partial charge in [0.1, 0.15) is 17.3 Å². The molecule has 4 rings (SSSR count). The van der Waals surface area contributed by atoms with E-state index in [1.165, 1.54) is 11.1 Å². The molecule has 0 bridgehead atoms. The summed E-state index contributed by atoms with van der Waals surface area (Å²) in [6.45, 7) is 7.43. The van der Waals surface area contributed by atoms with Gasteiger partial charge in [0, 0.05) is 12.1 Å². The first-order valence-corrected chi connectivity index (χ1v) is 11.4. The first-order chi connectivity index (χ1) is 16.0. The Morgan fingerprint density at radius 3 is 2.48 bits per heavy atom. The van der Waals surface area contributed by atoms with Gasteiger partial charge in [0.05, 0.1) is 24.6 Å². The highest BCUT2D eigenvalue weighted by Gasteiger charge is 2.13. The molecule has 0 saturated carbocycles.